The van der Waals surface area contributed by atoms with Gasteiger partial charge in [0, 0.05) is 19.3 Å². The number of carbonyl (C=O) groups excluding carboxylic acids is 2. The molecule has 2 atom stereocenters. The third kappa shape index (κ3) is 41.6. The van der Waals surface area contributed by atoms with Gasteiger partial charge >= 0.3 is 17.9 Å². The number of ether oxygens (including phenoxy) is 3. The predicted octanol–water partition coefficient (Wildman–Crippen LogP) is 13.9. The Morgan fingerprint density at radius 3 is 1.47 bits per heavy atom. The molecule has 0 saturated carbocycles. The second-order valence-electron chi connectivity index (χ2n) is 17.1. The first-order valence-corrected chi connectivity index (χ1v) is 24.3. The molecule has 0 rings (SSSR count). The number of esters is 2. The number of carboxylic acids is 1. The SMILES string of the molecule is CC/C=C/C=C/C=C/C=C/C=C/CCCCCC(=O)OCC(COCCC(C(=O)O)[N+](C)(C)C)OC(=O)CCCCCCCCCCCCCCC/C=C/C/C=C/C/C=C/CC. The van der Waals surface area contributed by atoms with Crippen LogP contribution in [0.15, 0.2) is 97.2 Å². The van der Waals surface area contributed by atoms with Crippen molar-refractivity contribution in [3.05, 3.63) is 97.2 Å². The van der Waals surface area contributed by atoms with Gasteiger partial charge in [-0.25, -0.2) is 4.79 Å². The predicted molar refractivity (Wildman–Crippen MR) is 261 cm³/mol. The summed E-state index contributed by atoms with van der Waals surface area (Å²) in [5, 5.41) is 9.64. The normalized spacial score (nSPS) is 13.8. The molecule has 8 nitrogen and oxygen atoms in total. The lowest BCUT2D eigenvalue weighted by atomic mass is 10.0. The molecule has 0 aliphatic rings. The minimum absolute atomic E-state index is 0.0415. The maximum absolute atomic E-state index is 12.8. The van der Waals surface area contributed by atoms with Crippen molar-refractivity contribution in [2.75, 3.05) is 41.0 Å². The molecule has 62 heavy (non-hydrogen) atoms. The Hall–Kier alpha value is -3.75. The van der Waals surface area contributed by atoms with Gasteiger partial charge in [-0.15, -0.1) is 0 Å². The zero-order valence-corrected chi connectivity index (χ0v) is 40.0. The highest BCUT2D eigenvalue weighted by atomic mass is 16.6. The summed E-state index contributed by atoms with van der Waals surface area (Å²) in [6, 6.07) is -0.627. The lowest BCUT2D eigenvalue weighted by molar-refractivity contribution is -0.887. The fourth-order valence-corrected chi connectivity index (χ4v) is 6.66. The van der Waals surface area contributed by atoms with Crippen molar-refractivity contribution >= 4 is 17.9 Å². The number of hydrogen-bond donors (Lipinski definition) is 1. The Kier molecular flexibility index (Phi) is 41.2. The van der Waals surface area contributed by atoms with Crippen LogP contribution in [-0.4, -0.2) is 80.6 Å². The Labute approximate surface area is 379 Å². The summed E-state index contributed by atoms with van der Waals surface area (Å²) in [7, 11) is 5.51. The molecule has 1 N–H and O–H groups in total. The maximum Gasteiger partial charge on any atom is 0.362 e. The second kappa shape index (κ2) is 43.9. The van der Waals surface area contributed by atoms with Crippen molar-refractivity contribution in [2.45, 2.75) is 187 Å². The van der Waals surface area contributed by atoms with Crippen molar-refractivity contribution in [2.24, 2.45) is 0 Å². The molecule has 0 aromatic carbocycles. The summed E-state index contributed by atoms with van der Waals surface area (Å²) in [6.07, 6.45) is 58.9. The zero-order chi connectivity index (χ0) is 45.6. The van der Waals surface area contributed by atoms with Crippen molar-refractivity contribution in [3.63, 3.8) is 0 Å². The van der Waals surface area contributed by atoms with Crippen molar-refractivity contribution in [1.82, 2.24) is 0 Å². The number of quaternary nitrogens is 1. The van der Waals surface area contributed by atoms with Gasteiger partial charge < -0.3 is 23.8 Å². The maximum atomic E-state index is 12.8. The third-order valence-corrected chi connectivity index (χ3v) is 10.4. The number of carboxylic acid groups (broad SMARTS) is 1. The molecule has 0 aromatic heterocycles. The van der Waals surface area contributed by atoms with Crippen LogP contribution in [-0.2, 0) is 28.6 Å². The van der Waals surface area contributed by atoms with Crippen molar-refractivity contribution in [3.8, 4) is 0 Å². The van der Waals surface area contributed by atoms with Crippen LogP contribution in [0.3, 0.4) is 0 Å². The standard InChI is InChI=1S/C54H89NO7/c1-6-8-10-12-14-16-18-20-22-23-24-25-26-27-28-29-31-33-35-37-39-41-43-45-53(57)62-50(48-60-47-46-51(54(58)59)55(3,4)5)49-61-52(56)44-42-40-38-36-34-32-30-21-19-17-15-13-11-9-7-2/h8-11,13-17,19-22,30,32,34,50-51H,6-7,12,18,23-29,31,33,35-49H2,1-5H3/p+1/b10-8+,11-9+,15-13+,16-14+,19-17+,22-20+,30-21+,34-32+. The van der Waals surface area contributed by atoms with E-state index in [1.807, 2.05) is 69.8 Å². The van der Waals surface area contributed by atoms with Gasteiger partial charge in [0.1, 0.15) is 6.61 Å². The minimum Gasteiger partial charge on any atom is -0.477 e. The first kappa shape index (κ1) is 58.2. The molecule has 0 radical (unpaired) electrons. The topological polar surface area (TPSA) is 99.1 Å². The highest BCUT2D eigenvalue weighted by molar-refractivity contribution is 5.72. The quantitative estimate of drug-likeness (QED) is 0.0214. The van der Waals surface area contributed by atoms with Crippen LogP contribution in [0.1, 0.15) is 174 Å². The van der Waals surface area contributed by atoms with Crippen LogP contribution in [0, 0.1) is 0 Å². The average molecular weight is 865 g/mol. The summed E-state index contributed by atoms with van der Waals surface area (Å²) in [4.78, 5) is 37.1. The first-order valence-electron chi connectivity index (χ1n) is 24.3. The first-order chi connectivity index (χ1) is 30.1. The lowest BCUT2D eigenvalue weighted by Gasteiger charge is -2.31. The fourth-order valence-electron chi connectivity index (χ4n) is 6.66. The molecule has 0 spiro atoms. The van der Waals surface area contributed by atoms with Crippen LogP contribution in [0.2, 0.25) is 0 Å². The van der Waals surface area contributed by atoms with Gasteiger partial charge in [-0.3, -0.25) is 9.59 Å². The highest BCUT2D eigenvalue weighted by Crippen LogP contribution is 2.15. The van der Waals surface area contributed by atoms with E-state index in [-0.39, 0.29) is 36.2 Å². The van der Waals surface area contributed by atoms with E-state index in [1.54, 1.807) is 0 Å². The van der Waals surface area contributed by atoms with Crippen molar-refractivity contribution in [1.29, 1.82) is 0 Å². The molecule has 8 heteroatoms. The number of likely N-dealkylation sites (N-methyl/N-ethyl adjacent to an activating group) is 1. The highest BCUT2D eigenvalue weighted by Gasteiger charge is 2.31. The van der Waals surface area contributed by atoms with Crippen LogP contribution in [0.5, 0.6) is 0 Å². The second-order valence-corrected chi connectivity index (χ2v) is 17.1. The monoisotopic (exact) mass is 865 g/mol. The van der Waals surface area contributed by atoms with E-state index in [0.29, 0.717) is 19.3 Å². The number of rotatable bonds is 42. The summed E-state index contributed by atoms with van der Waals surface area (Å²) in [5.74, 6) is -1.53. The molecule has 0 fully saturated rings. The molecule has 0 saturated heterocycles. The average Bonchev–Trinajstić information content (AvgIpc) is 3.23. The zero-order valence-electron chi connectivity index (χ0n) is 40.0. The van der Waals surface area contributed by atoms with Crippen LogP contribution >= 0.6 is 0 Å². The van der Waals surface area contributed by atoms with E-state index in [4.69, 9.17) is 14.2 Å². The molecule has 0 bridgehead atoms. The van der Waals surface area contributed by atoms with Gasteiger partial charge in [0.05, 0.1) is 34.4 Å². The van der Waals surface area contributed by atoms with Gasteiger partial charge in [-0.05, 0) is 64.2 Å². The Morgan fingerprint density at radius 2 is 0.935 bits per heavy atom. The van der Waals surface area contributed by atoms with E-state index >= 15 is 0 Å². The molecule has 0 aliphatic heterocycles. The molecule has 0 amide bonds. The summed E-state index contributed by atoms with van der Waals surface area (Å²) in [6.45, 7) is 4.43. The number of nitrogens with zero attached hydrogens (tertiary/aromatic N) is 1. The Balaban J connectivity index is 4.30. The lowest BCUT2D eigenvalue weighted by Crippen LogP contribution is -2.50. The third-order valence-electron chi connectivity index (χ3n) is 10.4. The number of hydrogen-bond acceptors (Lipinski definition) is 6. The number of allylic oxidation sites excluding steroid dienone is 16. The van der Waals surface area contributed by atoms with Gasteiger partial charge in [0.15, 0.2) is 12.1 Å². The molecule has 2 unspecified atom stereocenters. The summed E-state index contributed by atoms with van der Waals surface area (Å²) in [5.41, 5.74) is 0. The molecule has 352 valence electrons. The molecule has 0 aromatic rings. The van der Waals surface area contributed by atoms with Crippen LogP contribution < -0.4 is 0 Å². The van der Waals surface area contributed by atoms with Crippen LogP contribution in [0.4, 0.5) is 0 Å². The Morgan fingerprint density at radius 1 is 0.500 bits per heavy atom. The fraction of sp³-hybridized carbons (Fsp3) is 0.648. The van der Waals surface area contributed by atoms with E-state index in [2.05, 4.69) is 62.5 Å². The van der Waals surface area contributed by atoms with Gasteiger partial charge in [0.25, 0.3) is 0 Å². The molecular formula is C54H90NO7+. The van der Waals surface area contributed by atoms with E-state index < -0.39 is 18.1 Å². The molecule has 0 aliphatic carbocycles. The molecule has 0 heterocycles. The molecular weight excluding hydrogens is 775 g/mol. The number of aliphatic carboxylic acids is 1. The minimum atomic E-state index is -0.885. The largest absolute Gasteiger partial charge is 0.477 e. The van der Waals surface area contributed by atoms with Gasteiger partial charge in [-0.1, -0.05) is 188 Å². The number of unbranched alkanes of at least 4 members (excludes halogenated alkanes) is 16. The van der Waals surface area contributed by atoms with E-state index in [1.165, 1.54) is 70.6 Å². The summed E-state index contributed by atoms with van der Waals surface area (Å²) >= 11 is 0. The Bertz CT molecular complexity index is 1330. The smallest absolute Gasteiger partial charge is 0.362 e. The van der Waals surface area contributed by atoms with Crippen LogP contribution in [0.25, 0.3) is 0 Å². The number of carbonyl (C=O) groups is 3. The van der Waals surface area contributed by atoms with E-state index in [9.17, 15) is 19.5 Å². The van der Waals surface area contributed by atoms with E-state index in [0.717, 1.165) is 70.6 Å². The van der Waals surface area contributed by atoms with Gasteiger partial charge in [-0.2, -0.15) is 0 Å². The van der Waals surface area contributed by atoms with Crippen molar-refractivity contribution < 1.29 is 38.2 Å². The summed E-state index contributed by atoms with van der Waals surface area (Å²) < 4.78 is 17.3. The van der Waals surface area contributed by atoms with Gasteiger partial charge in [0.2, 0.25) is 0 Å².